The van der Waals surface area contributed by atoms with Crippen molar-refractivity contribution in [2.75, 3.05) is 39.5 Å². The van der Waals surface area contributed by atoms with Crippen LogP contribution < -0.4 is 25.0 Å². The predicted octanol–water partition coefficient (Wildman–Crippen LogP) is 0.308. The second-order valence-corrected chi connectivity index (χ2v) is 7.17. The first-order valence-electron chi connectivity index (χ1n) is 9.84. The van der Waals surface area contributed by atoms with Crippen LogP contribution in [0.2, 0.25) is 0 Å². The molecular formula is C20H26N3O5+. The van der Waals surface area contributed by atoms with Gasteiger partial charge < -0.3 is 29.7 Å². The van der Waals surface area contributed by atoms with Crippen LogP contribution in [0.5, 0.6) is 11.5 Å². The number of carbonyl (C=O) groups excluding carboxylic acids is 2. The summed E-state index contributed by atoms with van der Waals surface area (Å²) in [5.41, 5.74) is 2.35. The summed E-state index contributed by atoms with van der Waals surface area (Å²) in [6, 6.07) is 6.11. The molecule has 0 aliphatic carbocycles. The molecule has 1 saturated heterocycles. The van der Waals surface area contributed by atoms with Gasteiger partial charge in [-0.05, 0) is 25.1 Å². The molecule has 1 aromatic carbocycles. The van der Waals surface area contributed by atoms with Crippen LogP contribution in [0.15, 0.2) is 29.5 Å². The monoisotopic (exact) mass is 388 g/mol. The zero-order valence-corrected chi connectivity index (χ0v) is 16.0. The molecule has 28 heavy (non-hydrogen) atoms. The number of urea groups is 1. The van der Waals surface area contributed by atoms with Gasteiger partial charge in [-0.25, -0.2) is 9.59 Å². The molecule has 2 amide bonds. The lowest BCUT2D eigenvalue weighted by Gasteiger charge is -2.27. The van der Waals surface area contributed by atoms with Crippen molar-refractivity contribution in [3.63, 3.8) is 0 Å². The molecule has 3 heterocycles. The smallest absolute Gasteiger partial charge is 0.337 e. The second-order valence-electron chi connectivity index (χ2n) is 7.17. The fourth-order valence-corrected chi connectivity index (χ4v) is 4.13. The van der Waals surface area contributed by atoms with Gasteiger partial charge in [-0.3, -0.25) is 0 Å². The highest BCUT2D eigenvalue weighted by molar-refractivity contribution is 5.93. The Kier molecular flexibility index (Phi) is 5.38. The maximum atomic E-state index is 12.3. The minimum Gasteiger partial charge on any atom is -0.486 e. The lowest BCUT2D eigenvalue weighted by atomic mass is 10.0. The summed E-state index contributed by atoms with van der Waals surface area (Å²) in [7, 11) is 0. The first-order valence-corrected chi connectivity index (χ1v) is 9.84. The number of esters is 1. The highest BCUT2D eigenvalue weighted by Crippen LogP contribution is 2.33. The first kappa shape index (κ1) is 18.6. The number of likely N-dealkylation sites (tertiary alicyclic amines) is 1. The molecular weight excluding hydrogens is 362 g/mol. The van der Waals surface area contributed by atoms with E-state index in [0.717, 1.165) is 30.9 Å². The number of carbonyl (C=O) groups is 2. The molecule has 0 spiro atoms. The fraction of sp³-hybridized carbons (Fsp3) is 0.500. The van der Waals surface area contributed by atoms with Crippen LogP contribution in [-0.4, -0.2) is 51.5 Å². The Morgan fingerprint density at radius 3 is 2.93 bits per heavy atom. The van der Waals surface area contributed by atoms with Crippen molar-refractivity contribution in [1.82, 2.24) is 10.6 Å². The van der Waals surface area contributed by atoms with Crippen LogP contribution in [0.3, 0.4) is 0 Å². The van der Waals surface area contributed by atoms with Gasteiger partial charge in [0.25, 0.3) is 0 Å². The van der Waals surface area contributed by atoms with Crippen molar-refractivity contribution < 1.29 is 28.7 Å². The van der Waals surface area contributed by atoms with E-state index in [-0.39, 0.29) is 24.6 Å². The van der Waals surface area contributed by atoms with Crippen LogP contribution in [0.4, 0.5) is 4.79 Å². The molecule has 8 heteroatoms. The van der Waals surface area contributed by atoms with Crippen molar-refractivity contribution in [2.45, 2.75) is 25.8 Å². The summed E-state index contributed by atoms with van der Waals surface area (Å²) in [5, 5.41) is 5.47. The highest BCUT2D eigenvalue weighted by atomic mass is 16.6. The fourth-order valence-electron chi connectivity index (χ4n) is 4.13. The average Bonchev–Trinajstić information content (AvgIpc) is 3.16. The summed E-state index contributed by atoms with van der Waals surface area (Å²) in [4.78, 5) is 25.4. The SMILES string of the molecule is CCOC(=O)C1=C(C[NH+]2CCC[C@@H]2c2ccc3c(c2)OCCO3)NC(=O)NC1. The molecule has 1 aromatic rings. The number of rotatable bonds is 5. The summed E-state index contributed by atoms with van der Waals surface area (Å²) in [5.74, 6) is 1.20. The Morgan fingerprint density at radius 1 is 1.29 bits per heavy atom. The number of quaternary nitrogens is 1. The molecule has 2 atom stereocenters. The molecule has 3 N–H and O–H groups in total. The Morgan fingerprint density at radius 2 is 2.11 bits per heavy atom. The molecule has 1 fully saturated rings. The molecule has 8 nitrogen and oxygen atoms in total. The first-order chi connectivity index (χ1) is 13.7. The third kappa shape index (κ3) is 3.77. The standard InChI is InChI=1S/C20H25N3O5/c1-2-26-19(24)14-11-21-20(25)22-15(14)12-23-7-3-4-16(23)13-5-6-17-18(10-13)28-9-8-27-17/h5-6,10,16H,2-4,7-9,11-12H2,1H3,(H2,21,22,25)/p+1/t16-/m1/s1. The van der Waals surface area contributed by atoms with Gasteiger partial charge in [0, 0.05) is 18.4 Å². The molecule has 3 aliphatic rings. The van der Waals surface area contributed by atoms with Crippen molar-refractivity contribution in [1.29, 1.82) is 0 Å². The zero-order valence-electron chi connectivity index (χ0n) is 16.0. The lowest BCUT2D eigenvalue weighted by Crippen LogP contribution is -3.10. The molecule has 4 rings (SSSR count). The Labute approximate surface area is 163 Å². The van der Waals surface area contributed by atoms with Gasteiger partial charge in [-0.15, -0.1) is 0 Å². The van der Waals surface area contributed by atoms with E-state index in [1.54, 1.807) is 6.92 Å². The van der Waals surface area contributed by atoms with Gasteiger partial charge in [0.1, 0.15) is 25.8 Å². The summed E-state index contributed by atoms with van der Waals surface area (Å²) >= 11 is 0. The van der Waals surface area contributed by atoms with Crippen molar-refractivity contribution >= 4 is 12.0 Å². The molecule has 0 saturated carbocycles. The second kappa shape index (κ2) is 8.10. The van der Waals surface area contributed by atoms with Gasteiger partial charge in [-0.1, -0.05) is 0 Å². The molecule has 150 valence electrons. The van der Waals surface area contributed by atoms with E-state index in [1.807, 2.05) is 6.07 Å². The van der Waals surface area contributed by atoms with Crippen molar-refractivity contribution in [2.24, 2.45) is 0 Å². The van der Waals surface area contributed by atoms with E-state index in [1.165, 1.54) is 10.5 Å². The lowest BCUT2D eigenvalue weighted by molar-refractivity contribution is -0.914. The normalized spacial score (nSPS) is 23.8. The molecule has 0 aromatic heterocycles. The number of benzene rings is 1. The number of hydrogen-bond donors (Lipinski definition) is 3. The van der Waals surface area contributed by atoms with E-state index in [2.05, 4.69) is 22.8 Å². The minimum absolute atomic E-state index is 0.196. The van der Waals surface area contributed by atoms with Gasteiger partial charge >= 0.3 is 12.0 Å². The van der Waals surface area contributed by atoms with Crippen molar-refractivity contribution in [3.8, 4) is 11.5 Å². The number of amides is 2. The predicted molar refractivity (Wildman–Crippen MR) is 100 cm³/mol. The summed E-state index contributed by atoms with van der Waals surface area (Å²) in [6.07, 6.45) is 2.13. The molecule has 1 unspecified atom stereocenters. The summed E-state index contributed by atoms with van der Waals surface area (Å²) < 4.78 is 16.5. The van der Waals surface area contributed by atoms with Gasteiger partial charge in [0.2, 0.25) is 0 Å². The van der Waals surface area contributed by atoms with Gasteiger partial charge in [0.05, 0.1) is 31.0 Å². The van der Waals surface area contributed by atoms with Crippen LogP contribution >= 0.6 is 0 Å². The van der Waals surface area contributed by atoms with Crippen molar-refractivity contribution in [3.05, 3.63) is 35.0 Å². The van der Waals surface area contributed by atoms with Gasteiger partial charge in [-0.2, -0.15) is 0 Å². The average molecular weight is 388 g/mol. The third-order valence-electron chi connectivity index (χ3n) is 5.43. The maximum absolute atomic E-state index is 12.3. The quantitative estimate of drug-likeness (QED) is 0.632. The van der Waals surface area contributed by atoms with E-state index in [9.17, 15) is 9.59 Å². The van der Waals surface area contributed by atoms with Crippen LogP contribution in [0.1, 0.15) is 31.4 Å². The van der Waals surface area contributed by atoms with E-state index >= 15 is 0 Å². The third-order valence-corrected chi connectivity index (χ3v) is 5.43. The number of hydrogen-bond acceptors (Lipinski definition) is 5. The zero-order chi connectivity index (χ0) is 19.5. The molecule has 3 aliphatic heterocycles. The van der Waals surface area contributed by atoms with Crippen LogP contribution in [-0.2, 0) is 9.53 Å². The summed E-state index contributed by atoms with van der Waals surface area (Å²) in [6.45, 7) is 4.96. The minimum atomic E-state index is -0.375. The van der Waals surface area contributed by atoms with E-state index < -0.39 is 0 Å². The van der Waals surface area contributed by atoms with E-state index in [4.69, 9.17) is 14.2 Å². The topological polar surface area (TPSA) is 90.3 Å². The highest BCUT2D eigenvalue weighted by Gasteiger charge is 2.34. The van der Waals surface area contributed by atoms with Crippen LogP contribution in [0, 0.1) is 0 Å². The van der Waals surface area contributed by atoms with E-state index in [0.29, 0.717) is 37.6 Å². The molecule has 0 bridgehead atoms. The van der Waals surface area contributed by atoms with Crippen LogP contribution in [0.25, 0.3) is 0 Å². The largest absolute Gasteiger partial charge is 0.486 e. The number of ether oxygens (including phenoxy) is 3. The Bertz CT molecular complexity index is 807. The molecule has 0 radical (unpaired) electrons. The number of fused-ring (bicyclic) bond motifs is 1. The number of nitrogens with one attached hydrogen (secondary N) is 3. The Hall–Kier alpha value is -2.74. The van der Waals surface area contributed by atoms with Gasteiger partial charge in [0.15, 0.2) is 11.5 Å². The maximum Gasteiger partial charge on any atom is 0.337 e. The Balaban J connectivity index is 1.56.